The standard InChI is InChI=1S/C12H18ClN7/c1-3-4-14-11-17-10(13)18-12(19-11)15-5-6-20-8-9(2)7-16-20/h7-8H,3-6H2,1-2H3,(H2,14,15,17,18,19). The van der Waals surface area contributed by atoms with Crippen LogP contribution in [0.25, 0.3) is 0 Å². The van der Waals surface area contributed by atoms with Crippen molar-refractivity contribution < 1.29 is 0 Å². The van der Waals surface area contributed by atoms with Crippen LogP contribution in [0, 0.1) is 6.92 Å². The molecule has 0 bridgehead atoms. The Kier molecular flexibility index (Phi) is 5.11. The molecule has 0 saturated carbocycles. The van der Waals surface area contributed by atoms with Gasteiger partial charge in [-0.1, -0.05) is 6.92 Å². The summed E-state index contributed by atoms with van der Waals surface area (Å²) in [7, 11) is 0. The van der Waals surface area contributed by atoms with Crippen LogP contribution in [0.1, 0.15) is 18.9 Å². The highest BCUT2D eigenvalue weighted by molar-refractivity contribution is 6.28. The van der Waals surface area contributed by atoms with Crippen molar-refractivity contribution in [2.75, 3.05) is 23.7 Å². The van der Waals surface area contributed by atoms with E-state index in [0.717, 1.165) is 25.1 Å². The van der Waals surface area contributed by atoms with Crippen LogP contribution in [0.4, 0.5) is 11.9 Å². The molecule has 0 aliphatic carbocycles. The fourth-order valence-corrected chi connectivity index (χ4v) is 1.78. The first-order valence-corrected chi connectivity index (χ1v) is 6.93. The predicted octanol–water partition coefficient (Wildman–Crippen LogP) is 1.96. The van der Waals surface area contributed by atoms with Gasteiger partial charge in [0.2, 0.25) is 17.2 Å². The number of aryl methyl sites for hydroxylation is 1. The van der Waals surface area contributed by atoms with Crippen molar-refractivity contribution in [1.82, 2.24) is 24.7 Å². The summed E-state index contributed by atoms with van der Waals surface area (Å²) in [4.78, 5) is 12.3. The molecule has 0 amide bonds. The number of aromatic nitrogens is 5. The van der Waals surface area contributed by atoms with Gasteiger partial charge in [-0.2, -0.15) is 20.1 Å². The zero-order valence-corrected chi connectivity index (χ0v) is 12.4. The van der Waals surface area contributed by atoms with Gasteiger partial charge in [0.25, 0.3) is 0 Å². The van der Waals surface area contributed by atoms with E-state index in [1.54, 1.807) is 0 Å². The first-order chi connectivity index (χ1) is 9.67. The normalized spacial score (nSPS) is 10.6. The van der Waals surface area contributed by atoms with Crippen LogP contribution in [0.3, 0.4) is 0 Å². The second-order valence-corrected chi connectivity index (χ2v) is 4.72. The quantitative estimate of drug-likeness (QED) is 0.813. The lowest BCUT2D eigenvalue weighted by molar-refractivity contribution is 0.635. The van der Waals surface area contributed by atoms with Crippen molar-refractivity contribution in [2.45, 2.75) is 26.8 Å². The van der Waals surface area contributed by atoms with Crippen molar-refractivity contribution in [2.24, 2.45) is 0 Å². The Morgan fingerprint density at radius 1 is 1.15 bits per heavy atom. The molecule has 0 aliphatic rings. The Balaban J connectivity index is 1.89. The van der Waals surface area contributed by atoms with E-state index in [2.05, 4.69) is 37.6 Å². The summed E-state index contributed by atoms with van der Waals surface area (Å²) in [5.41, 5.74) is 1.14. The third-order valence-electron chi connectivity index (χ3n) is 2.53. The van der Waals surface area contributed by atoms with Gasteiger partial charge in [-0.3, -0.25) is 4.68 Å². The molecule has 0 unspecified atom stereocenters. The number of anilines is 2. The van der Waals surface area contributed by atoms with Crippen LogP contribution in [0.2, 0.25) is 5.28 Å². The summed E-state index contributed by atoms with van der Waals surface area (Å²) in [6.45, 7) is 6.27. The van der Waals surface area contributed by atoms with Gasteiger partial charge < -0.3 is 10.6 Å². The van der Waals surface area contributed by atoms with E-state index in [1.165, 1.54) is 0 Å². The van der Waals surface area contributed by atoms with Crippen LogP contribution >= 0.6 is 11.6 Å². The van der Waals surface area contributed by atoms with Gasteiger partial charge in [0.1, 0.15) is 0 Å². The SMILES string of the molecule is CCCNc1nc(Cl)nc(NCCn2cc(C)cn2)n1. The zero-order valence-electron chi connectivity index (χ0n) is 11.6. The van der Waals surface area contributed by atoms with Gasteiger partial charge in [-0.15, -0.1) is 0 Å². The minimum atomic E-state index is 0.177. The zero-order chi connectivity index (χ0) is 14.4. The molecule has 2 aromatic rings. The number of hydrogen-bond acceptors (Lipinski definition) is 6. The van der Waals surface area contributed by atoms with Crippen molar-refractivity contribution in [3.05, 3.63) is 23.2 Å². The number of halogens is 1. The Labute approximate surface area is 122 Å². The summed E-state index contributed by atoms with van der Waals surface area (Å²) in [5.74, 6) is 0.955. The lowest BCUT2D eigenvalue weighted by Gasteiger charge is -2.07. The number of nitrogens with one attached hydrogen (secondary N) is 2. The smallest absolute Gasteiger partial charge is 0.228 e. The topological polar surface area (TPSA) is 80.5 Å². The molecule has 0 fully saturated rings. The summed E-state index contributed by atoms with van der Waals surface area (Å²) < 4.78 is 1.86. The Bertz CT molecular complexity index is 554. The first-order valence-electron chi connectivity index (χ1n) is 6.55. The molecule has 2 rings (SSSR count). The molecule has 0 radical (unpaired) electrons. The molecule has 2 aromatic heterocycles. The molecule has 7 nitrogen and oxygen atoms in total. The first kappa shape index (κ1) is 14.5. The molecule has 20 heavy (non-hydrogen) atoms. The van der Waals surface area contributed by atoms with E-state index in [4.69, 9.17) is 11.6 Å². The monoisotopic (exact) mass is 295 g/mol. The van der Waals surface area contributed by atoms with Crippen LogP contribution in [0.5, 0.6) is 0 Å². The number of hydrogen-bond donors (Lipinski definition) is 2. The van der Waals surface area contributed by atoms with Gasteiger partial charge in [-0.25, -0.2) is 0 Å². The molecule has 108 valence electrons. The van der Waals surface area contributed by atoms with Crippen molar-refractivity contribution in [3.8, 4) is 0 Å². The van der Waals surface area contributed by atoms with E-state index >= 15 is 0 Å². The summed E-state index contributed by atoms with van der Waals surface area (Å²) in [6, 6.07) is 0. The molecular weight excluding hydrogens is 278 g/mol. The highest BCUT2D eigenvalue weighted by Gasteiger charge is 2.04. The predicted molar refractivity (Wildman–Crippen MR) is 79.1 cm³/mol. The largest absolute Gasteiger partial charge is 0.354 e. The maximum atomic E-state index is 5.87. The second kappa shape index (κ2) is 7.04. The van der Waals surface area contributed by atoms with Gasteiger partial charge in [0, 0.05) is 19.3 Å². The average Bonchev–Trinajstić information content (AvgIpc) is 2.81. The van der Waals surface area contributed by atoms with Gasteiger partial charge >= 0.3 is 0 Å². The summed E-state index contributed by atoms with van der Waals surface area (Å²) >= 11 is 5.87. The second-order valence-electron chi connectivity index (χ2n) is 4.39. The van der Waals surface area contributed by atoms with Crippen LogP contribution < -0.4 is 10.6 Å². The van der Waals surface area contributed by atoms with Crippen LogP contribution in [0.15, 0.2) is 12.4 Å². The van der Waals surface area contributed by atoms with E-state index in [1.807, 2.05) is 24.0 Å². The van der Waals surface area contributed by atoms with Crippen LogP contribution in [-0.2, 0) is 6.54 Å². The van der Waals surface area contributed by atoms with Gasteiger partial charge in [0.15, 0.2) is 0 Å². The van der Waals surface area contributed by atoms with E-state index in [0.29, 0.717) is 18.4 Å². The molecule has 0 aromatic carbocycles. The minimum Gasteiger partial charge on any atom is -0.354 e. The molecule has 8 heteroatoms. The van der Waals surface area contributed by atoms with Gasteiger partial charge in [0.05, 0.1) is 12.7 Å². The highest BCUT2D eigenvalue weighted by atomic mass is 35.5. The van der Waals surface area contributed by atoms with Crippen LogP contribution in [-0.4, -0.2) is 37.8 Å². The molecule has 0 spiro atoms. The molecule has 0 aliphatic heterocycles. The van der Waals surface area contributed by atoms with Gasteiger partial charge in [-0.05, 0) is 30.5 Å². The van der Waals surface area contributed by atoms with Crippen molar-refractivity contribution >= 4 is 23.5 Å². The Morgan fingerprint density at radius 2 is 1.85 bits per heavy atom. The number of nitrogens with zero attached hydrogens (tertiary/aromatic N) is 5. The highest BCUT2D eigenvalue weighted by Crippen LogP contribution is 2.09. The molecular formula is C12H18ClN7. The fraction of sp³-hybridized carbons (Fsp3) is 0.500. The summed E-state index contributed by atoms with van der Waals surface area (Å²) in [5, 5.41) is 10.6. The Morgan fingerprint density at radius 3 is 2.45 bits per heavy atom. The molecule has 0 saturated heterocycles. The molecule has 2 heterocycles. The lowest BCUT2D eigenvalue weighted by Crippen LogP contribution is -2.14. The third-order valence-corrected chi connectivity index (χ3v) is 2.70. The van der Waals surface area contributed by atoms with E-state index in [9.17, 15) is 0 Å². The van der Waals surface area contributed by atoms with E-state index in [-0.39, 0.29) is 5.28 Å². The van der Waals surface area contributed by atoms with Crippen molar-refractivity contribution in [3.63, 3.8) is 0 Å². The average molecular weight is 296 g/mol. The maximum Gasteiger partial charge on any atom is 0.228 e. The fourth-order valence-electron chi connectivity index (χ4n) is 1.62. The minimum absolute atomic E-state index is 0.177. The number of rotatable bonds is 7. The molecule has 2 N–H and O–H groups in total. The summed E-state index contributed by atoms with van der Waals surface area (Å²) in [6.07, 6.45) is 4.80. The van der Waals surface area contributed by atoms with Crippen molar-refractivity contribution in [1.29, 1.82) is 0 Å². The Hall–Kier alpha value is -1.89. The molecule has 0 atom stereocenters. The van der Waals surface area contributed by atoms with E-state index < -0.39 is 0 Å². The third kappa shape index (κ3) is 4.34. The maximum absolute atomic E-state index is 5.87. The lowest BCUT2D eigenvalue weighted by atomic mass is 10.4.